The van der Waals surface area contributed by atoms with Crippen LogP contribution in [0.4, 0.5) is 4.39 Å². The lowest BCUT2D eigenvalue weighted by atomic mass is 10.1. The van der Waals surface area contributed by atoms with Gasteiger partial charge in [0.25, 0.3) is 0 Å². The molecular weight excluding hydrogens is 347 g/mol. The maximum atomic E-state index is 13.3. The predicted octanol–water partition coefficient (Wildman–Crippen LogP) is 3.92. The Morgan fingerprint density at radius 3 is 2.78 bits per heavy atom. The summed E-state index contributed by atoms with van der Waals surface area (Å²) in [6, 6.07) is 11.4. The van der Waals surface area contributed by atoms with Crippen LogP contribution in [0.1, 0.15) is 27.2 Å². The van der Waals surface area contributed by atoms with Gasteiger partial charge in [0.1, 0.15) is 11.6 Å². The van der Waals surface area contributed by atoms with Crippen LogP contribution in [0.15, 0.2) is 48.5 Å². The molecule has 0 radical (unpaired) electrons. The van der Waals surface area contributed by atoms with Gasteiger partial charge < -0.3 is 9.84 Å². The third-order valence-electron chi connectivity index (χ3n) is 4.13. The Morgan fingerprint density at radius 2 is 2.07 bits per heavy atom. The smallest absolute Gasteiger partial charge is 0.185 e. The minimum atomic E-state index is -0.339. The predicted molar refractivity (Wildman–Crippen MR) is 101 cm³/mol. The van der Waals surface area contributed by atoms with Gasteiger partial charge in [-0.3, -0.25) is 9.89 Å². The summed E-state index contributed by atoms with van der Waals surface area (Å²) < 4.78 is 18.6. The molecule has 0 saturated heterocycles. The molecule has 2 aromatic carbocycles. The number of hydrogen-bond acceptors (Lipinski definition) is 4. The van der Waals surface area contributed by atoms with Crippen LogP contribution < -0.4 is 4.74 Å². The van der Waals surface area contributed by atoms with E-state index >= 15 is 0 Å². The molecule has 0 amide bonds. The van der Waals surface area contributed by atoms with Crippen molar-refractivity contribution in [3.05, 3.63) is 76.7 Å². The quantitative estimate of drug-likeness (QED) is 0.512. The summed E-state index contributed by atoms with van der Waals surface area (Å²) in [5.41, 5.74) is 3.65. The minimum absolute atomic E-state index is 0.104. The number of aromatic nitrogens is 2. The molecular formula is C21H19FN2O3. The molecule has 0 unspecified atom stereocenters. The van der Waals surface area contributed by atoms with Gasteiger partial charge in [-0.25, -0.2) is 4.39 Å². The van der Waals surface area contributed by atoms with Gasteiger partial charge in [0, 0.05) is 11.1 Å². The number of aromatic amines is 1. The third-order valence-corrected chi connectivity index (χ3v) is 4.13. The number of carbonyl (C=O) groups is 1. The van der Waals surface area contributed by atoms with Crippen molar-refractivity contribution in [2.75, 3.05) is 7.11 Å². The first kappa shape index (κ1) is 18.5. The molecule has 0 spiro atoms. The van der Waals surface area contributed by atoms with Crippen molar-refractivity contribution in [1.29, 1.82) is 0 Å². The fourth-order valence-corrected chi connectivity index (χ4v) is 2.65. The number of ether oxygens (including phenoxy) is 1. The van der Waals surface area contributed by atoms with Gasteiger partial charge in [-0.2, -0.15) is 5.10 Å². The molecule has 0 aliphatic carbocycles. The van der Waals surface area contributed by atoms with Crippen LogP contribution in [0.25, 0.3) is 17.3 Å². The number of methoxy groups -OCH3 is 1. The van der Waals surface area contributed by atoms with Crippen molar-refractivity contribution in [3.8, 4) is 17.0 Å². The maximum absolute atomic E-state index is 13.3. The van der Waals surface area contributed by atoms with E-state index in [9.17, 15) is 14.3 Å². The van der Waals surface area contributed by atoms with E-state index in [2.05, 4.69) is 10.2 Å². The Morgan fingerprint density at radius 1 is 1.26 bits per heavy atom. The van der Waals surface area contributed by atoms with Crippen LogP contribution >= 0.6 is 0 Å². The number of aliphatic hydroxyl groups is 1. The molecule has 138 valence electrons. The first-order valence-corrected chi connectivity index (χ1v) is 8.33. The highest BCUT2D eigenvalue weighted by atomic mass is 19.1. The number of aliphatic hydroxyl groups excluding tert-OH is 1. The third kappa shape index (κ3) is 4.30. The van der Waals surface area contributed by atoms with E-state index in [4.69, 9.17) is 4.74 Å². The van der Waals surface area contributed by atoms with Crippen LogP contribution in [-0.4, -0.2) is 28.2 Å². The van der Waals surface area contributed by atoms with Crippen molar-refractivity contribution in [2.45, 2.75) is 13.5 Å². The Labute approximate surface area is 156 Å². The lowest BCUT2D eigenvalue weighted by Gasteiger charge is -2.05. The SMILES string of the molecule is COc1cc(CO)cc(-c2cc(/C=C/C(=O)c3ccc(F)c(C)c3)[nH]n2)c1. The molecule has 0 bridgehead atoms. The van der Waals surface area contributed by atoms with Gasteiger partial charge in [-0.1, -0.05) is 0 Å². The fourth-order valence-electron chi connectivity index (χ4n) is 2.65. The summed E-state index contributed by atoms with van der Waals surface area (Å²) in [6.07, 6.45) is 3.03. The van der Waals surface area contributed by atoms with Crippen molar-refractivity contribution in [1.82, 2.24) is 10.2 Å². The molecule has 3 rings (SSSR count). The van der Waals surface area contributed by atoms with Crippen molar-refractivity contribution in [3.63, 3.8) is 0 Å². The zero-order valence-electron chi connectivity index (χ0n) is 15.0. The number of halogens is 1. The first-order chi connectivity index (χ1) is 13.0. The van der Waals surface area contributed by atoms with E-state index in [-0.39, 0.29) is 18.2 Å². The zero-order valence-corrected chi connectivity index (χ0v) is 15.0. The highest BCUT2D eigenvalue weighted by Gasteiger charge is 2.08. The van der Waals surface area contributed by atoms with Crippen LogP contribution in [0, 0.1) is 12.7 Å². The van der Waals surface area contributed by atoms with Crippen LogP contribution in [-0.2, 0) is 6.61 Å². The topological polar surface area (TPSA) is 75.2 Å². The molecule has 3 aromatic rings. The molecule has 2 N–H and O–H groups in total. The van der Waals surface area contributed by atoms with E-state index in [0.717, 1.165) is 5.56 Å². The summed E-state index contributed by atoms with van der Waals surface area (Å²) in [5, 5.41) is 16.5. The average molecular weight is 366 g/mol. The lowest BCUT2D eigenvalue weighted by molar-refractivity contribution is 0.104. The molecule has 0 aliphatic rings. The lowest BCUT2D eigenvalue weighted by Crippen LogP contribution is -1.96. The largest absolute Gasteiger partial charge is 0.497 e. The molecule has 0 saturated carbocycles. The second-order valence-electron chi connectivity index (χ2n) is 6.10. The van der Waals surface area contributed by atoms with E-state index < -0.39 is 0 Å². The summed E-state index contributed by atoms with van der Waals surface area (Å²) in [7, 11) is 1.56. The van der Waals surface area contributed by atoms with Crippen molar-refractivity contribution in [2.24, 2.45) is 0 Å². The number of nitrogens with zero attached hydrogens (tertiary/aromatic N) is 1. The second kappa shape index (κ2) is 7.97. The number of ketones is 1. The van der Waals surface area contributed by atoms with Crippen LogP contribution in [0.3, 0.4) is 0 Å². The van der Waals surface area contributed by atoms with Crippen molar-refractivity contribution >= 4 is 11.9 Å². The molecule has 1 aromatic heterocycles. The van der Waals surface area contributed by atoms with E-state index in [0.29, 0.717) is 33.8 Å². The molecule has 5 nitrogen and oxygen atoms in total. The van der Waals surface area contributed by atoms with Crippen LogP contribution in [0.5, 0.6) is 5.75 Å². The van der Waals surface area contributed by atoms with E-state index in [1.54, 1.807) is 32.2 Å². The Hall–Kier alpha value is -3.25. The summed E-state index contributed by atoms with van der Waals surface area (Å²) in [5.74, 6) is 0.0611. The summed E-state index contributed by atoms with van der Waals surface area (Å²) in [6.45, 7) is 1.51. The zero-order chi connectivity index (χ0) is 19.4. The highest BCUT2D eigenvalue weighted by Crippen LogP contribution is 2.25. The summed E-state index contributed by atoms with van der Waals surface area (Å²) in [4.78, 5) is 12.2. The maximum Gasteiger partial charge on any atom is 0.185 e. The number of H-pyrrole nitrogens is 1. The number of aryl methyl sites for hydroxylation is 1. The number of rotatable bonds is 6. The summed E-state index contributed by atoms with van der Waals surface area (Å²) >= 11 is 0. The molecule has 0 atom stereocenters. The van der Waals surface area contributed by atoms with Gasteiger partial charge in [0.2, 0.25) is 0 Å². The van der Waals surface area contributed by atoms with Gasteiger partial charge in [0.15, 0.2) is 5.78 Å². The second-order valence-corrected chi connectivity index (χ2v) is 6.10. The molecule has 27 heavy (non-hydrogen) atoms. The van der Waals surface area contributed by atoms with Crippen LogP contribution in [0.2, 0.25) is 0 Å². The first-order valence-electron chi connectivity index (χ1n) is 8.33. The Bertz CT molecular complexity index is 986. The van der Waals surface area contributed by atoms with Gasteiger partial charge in [-0.15, -0.1) is 0 Å². The molecule has 0 aliphatic heterocycles. The number of benzene rings is 2. The normalized spacial score (nSPS) is 11.1. The molecule has 1 heterocycles. The van der Waals surface area contributed by atoms with E-state index in [1.807, 2.05) is 12.1 Å². The minimum Gasteiger partial charge on any atom is -0.497 e. The van der Waals surface area contributed by atoms with Crippen molar-refractivity contribution < 1.29 is 19.0 Å². The van der Waals surface area contributed by atoms with Gasteiger partial charge in [-0.05, 0) is 72.7 Å². The Balaban J connectivity index is 1.80. The van der Waals surface area contributed by atoms with E-state index in [1.165, 1.54) is 24.3 Å². The molecule has 6 heteroatoms. The number of carbonyl (C=O) groups excluding carboxylic acids is 1. The highest BCUT2D eigenvalue weighted by molar-refractivity contribution is 6.06. The Kier molecular flexibility index (Phi) is 5.47. The fraction of sp³-hybridized carbons (Fsp3) is 0.143. The number of allylic oxidation sites excluding steroid dienone is 1. The van der Waals surface area contributed by atoms with Gasteiger partial charge >= 0.3 is 0 Å². The standard InChI is InChI=1S/C21H19FN2O3/c1-13-7-15(3-5-19(13)22)21(26)6-4-17-11-20(24-23-17)16-8-14(12-25)9-18(10-16)27-2/h3-11,25H,12H2,1-2H3,(H,23,24)/b6-4+. The number of nitrogens with one attached hydrogen (secondary N) is 1. The number of hydrogen-bond donors (Lipinski definition) is 2. The monoisotopic (exact) mass is 366 g/mol. The van der Waals surface area contributed by atoms with Gasteiger partial charge in [0.05, 0.1) is 25.1 Å². The average Bonchev–Trinajstić information content (AvgIpc) is 3.16. The molecule has 0 fully saturated rings.